The molecule has 0 amide bonds. The van der Waals surface area contributed by atoms with Crippen molar-refractivity contribution in [3.8, 4) is 0 Å². The first kappa shape index (κ1) is 13.7. The minimum atomic E-state index is -0.973. The van der Waals surface area contributed by atoms with Gasteiger partial charge in [-0.1, -0.05) is 68.3 Å². The van der Waals surface area contributed by atoms with Crippen LogP contribution in [0.4, 0.5) is 0 Å². The Balaban J connectivity index is 2.33. The molecule has 2 N–H and O–H groups in total. The fraction of sp³-hybridized carbons (Fsp3) is 0.143. The molecule has 0 aromatic heterocycles. The third kappa shape index (κ3) is 2.83. The lowest BCUT2D eigenvalue weighted by Crippen LogP contribution is -2.11. The molecule has 2 atom stereocenters. The molecule has 0 fully saturated rings. The highest BCUT2D eigenvalue weighted by Crippen LogP contribution is 2.35. The van der Waals surface area contributed by atoms with E-state index in [1.807, 2.05) is 36.4 Å². The molecule has 94 valence electrons. The summed E-state index contributed by atoms with van der Waals surface area (Å²) >= 11 is 6.75. The van der Waals surface area contributed by atoms with Gasteiger partial charge in [0.1, 0.15) is 12.2 Å². The monoisotopic (exact) mass is 370 g/mol. The first-order chi connectivity index (χ1) is 8.61. The molecule has 2 aromatic rings. The molecule has 2 nitrogen and oxygen atoms in total. The van der Waals surface area contributed by atoms with Crippen molar-refractivity contribution in [3.63, 3.8) is 0 Å². The maximum absolute atomic E-state index is 10.2. The van der Waals surface area contributed by atoms with E-state index in [9.17, 15) is 10.2 Å². The van der Waals surface area contributed by atoms with Crippen LogP contribution in [0.1, 0.15) is 23.3 Å². The molecule has 0 aliphatic rings. The summed E-state index contributed by atoms with van der Waals surface area (Å²) in [6.07, 6.45) is -1.95. The van der Waals surface area contributed by atoms with Crippen molar-refractivity contribution in [2.75, 3.05) is 0 Å². The highest BCUT2D eigenvalue weighted by molar-refractivity contribution is 9.10. The Morgan fingerprint density at radius 1 is 0.667 bits per heavy atom. The largest absolute Gasteiger partial charge is 0.385 e. The van der Waals surface area contributed by atoms with Crippen LogP contribution in [-0.2, 0) is 0 Å². The maximum atomic E-state index is 10.2. The average Bonchev–Trinajstić information content (AvgIpc) is 2.38. The molecule has 0 saturated heterocycles. The van der Waals surface area contributed by atoms with Crippen molar-refractivity contribution < 1.29 is 10.2 Å². The van der Waals surface area contributed by atoms with Gasteiger partial charge in [-0.3, -0.25) is 0 Å². The second-order valence-corrected chi connectivity index (χ2v) is 5.64. The average molecular weight is 372 g/mol. The molecule has 0 aliphatic carbocycles. The van der Waals surface area contributed by atoms with Crippen LogP contribution in [-0.4, -0.2) is 10.2 Å². The van der Waals surface area contributed by atoms with E-state index in [0.29, 0.717) is 11.1 Å². The van der Waals surface area contributed by atoms with Crippen LogP contribution in [0, 0.1) is 0 Å². The zero-order chi connectivity index (χ0) is 13.1. The van der Waals surface area contributed by atoms with Gasteiger partial charge in [0.25, 0.3) is 0 Å². The van der Waals surface area contributed by atoms with Crippen LogP contribution in [0.2, 0.25) is 0 Å². The van der Waals surface area contributed by atoms with E-state index < -0.39 is 12.2 Å². The van der Waals surface area contributed by atoms with Crippen LogP contribution in [0.25, 0.3) is 0 Å². The molecule has 0 aliphatic heterocycles. The van der Waals surface area contributed by atoms with Gasteiger partial charge in [0.05, 0.1) is 0 Å². The summed E-state index contributed by atoms with van der Waals surface area (Å²) in [6, 6.07) is 14.6. The number of aliphatic hydroxyl groups excluding tert-OH is 2. The minimum absolute atomic E-state index is 0.667. The summed E-state index contributed by atoms with van der Waals surface area (Å²) in [5.41, 5.74) is 1.33. The number of halogens is 2. The Bertz CT molecular complexity index is 493. The smallest absolute Gasteiger partial charge is 0.110 e. The first-order valence-corrected chi connectivity index (χ1v) is 7.05. The zero-order valence-corrected chi connectivity index (χ0v) is 12.6. The third-order valence-corrected chi connectivity index (χ3v) is 4.19. The van der Waals surface area contributed by atoms with E-state index in [2.05, 4.69) is 31.9 Å². The van der Waals surface area contributed by atoms with Gasteiger partial charge in [-0.15, -0.1) is 0 Å². The van der Waals surface area contributed by atoms with E-state index >= 15 is 0 Å². The first-order valence-electron chi connectivity index (χ1n) is 5.46. The number of benzene rings is 2. The van der Waals surface area contributed by atoms with Crippen molar-refractivity contribution in [1.82, 2.24) is 0 Å². The normalized spacial score (nSPS) is 14.2. The molecular formula is C14H12Br2O2. The topological polar surface area (TPSA) is 40.5 Å². The van der Waals surface area contributed by atoms with Crippen molar-refractivity contribution in [2.24, 2.45) is 0 Å². The molecule has 0 bridgehead atoms. The van der Waals surface area contributed by atoms with Crippen LogP contribution >= 0.6 is 31.9 Å². The lowest BCUT2D eigenvalue weighted by atomic mass is 9.98. The molecule has 0 spiro atoms. The number of hydrogen-bond donors (Lipinski definition) is 2. The Hall–Kier alpha value is -0.680. The summed E-state index contributed by atoms with van der Waals surface area (Å²) in [4.78, 5) is 0. The molecular weight excluding hydrogens is 360 g/mol. The summed E-state index contributed by atoms with van der Waals surface area (Å²) in [5, 5.41) is 20.5. The SMILES string of the molecule is O[C@H](c1ccccc1Br)[C@H](O)c1ccccc1Br. The third-order valence-electron chi connectivity index (χ3n) is 2.75. The van der Waals surface area contributed by atoms with E-state index in [4.69, 9.17) is 0 Å². The molecule has 0 radical (unpaired) electrons. The second kappa shape index (κ2) is 5.97. The molecule has 2 aromatic carbocycles. The van der Waals surface area contributed by atoms with Gasteiger partial charge in [0, 0.05) is 8.95 Å². The Morgan fingerprint density at radius 3 is 1.33 bits per heavy atom. The predicted molar refractivity (Wildman–Crippen MR) is 78.2 cm³/mol. The van der Waals surface area contributed by atoms with E-state index in [1.54, 1.807) is 12.1 Å². The summed E-state index contributed by atoms with van der Waals surface area (Å²) in [7, 11) is 0. The van der Waals surface area contributed by atoms with Gasteiger partial charge in [-0.05, 0) is 23.3 Å². The molecule has 18 heavy (non-hydrogen) atoms. The minimum Gasteiger partial charge on any atom is -0.385 e. The van der Waals surface area contributed by atoms with E-state index in [0.717, 1.165) is 8.95 Å². The van der Waals surface area contributed by atoms with Crippen molar-refractivity contribution in [3.05, 3.63) is 68.6 Å². The molecule has 0 saturated carbocycles. The molecule has 2 rings (SSSR count). The van der Waals surface area contributed by atoms with Gasteiger partial charge < -0.3 is 10.2 Å². The quantitative estimate of drug-likeness (QED) is 0.856. The van der Waals surface area contributed by atoms with Crippen LogP contribution < -0.4 is 0 Å². The Morgan fingerprint density at radius 2 is 1.00 bits per heavy atom. The highest BCUT2D eigenvalue weighted by atomic mass is 79.9. The summed E-state index contributed by atoms with van der Waals surface area (Å²) < 4.78 is 1.56. The second-order valence-electron chi connectivity index (χ2n) is 3.93. The van der Waals surface area contributed by atoms with Gasteiger partial charge >= 0.3 is 0 Å². The fourth-order valence-electron chi connectivity index (χ4n) is 1.77. The van der Waals surface area contributed by atoms with E-state index in [-0.39, 0.29) is 0 Å². The molecule has 4 heteroatoms. The molecule has 0 heterocycles. The fourth-order valence-corrected chi connectivity index (χ4v) is 2.81. The van der Waals surface area contributed by atoms with Gasteiger partial charge in [0.2, 0.25) is 0 Å². The van der Waals surface area contributed by atoms with Gasteiger partial charge in [-0.25, -0.2) is 0 Å². The lowest BCUT2D eigenvalue weighted by molar-refractivity contribution is 0.0164. The van der Waals surface area contributed by atoms with Crippen LogP contribution in [0.5, 0.6) is 0 Å². The van der Waals surface area contributed by atoms with Gasteiger partial charge in [0.15, 0.2) is 0 Å². The Labute approximate surface area is 123 Å². The van der Waals surface area contributed by atoms with E-state index in [1.165, 1.54) is 0 Å². The highest BCUT2D eigenvalue weighted by Gasteiger charge is 2.23. The summed E-state index contributed by atoms with van der Waals surface area (Å²) in [6.45, 7) is 0. The standard InChI is InChI=1S/C14H12Br2O2/c15-11-7-3-1-5-9(11)13(17)14(18)10-6-2-4-8-12(10)16/h1-8,13-14,17-18H/t13-,14-/m1/s1. The zero-order valence-electron chi connectivity index (χ0n) is 9.42. The lowest BCUT2D eigenvalue weighted by Gasteiger charge is -2.20. The number of aliphatic hydroxyl groups is 2. The maximum Gasteiger partial charge on any atom is 0.110 e. The van der Waals surface area contributed by atoms with Crippen molar-refractivity contribution >= 4 is 31.9 Å². The summed E-state index contributed by atoms with van der Waals surface area (Å²) in [5.74, 6) is 0. The van der Waals surface area contributed by atoms with Gasteiger partial charge in [-0.2, -0.15) is 0 Å². The van der Waals surface area contributed by atoms with Crippen LogP contribution in [0.15, 0.2) is 57.5 Å². The predicted octanol–water partition coefficient (Wildman–Crippen LogP) is 3.98. The van der Waals surface area contributed by atoms with Crippen LogP contribution in [0.3, 0.4) is 0 Å². The number of rotatable bonds is 3. The Kier molecular flexibility index (Phi) is 4.56. The number of hydrogen-bond acceptors (Lipinski definition) is 2. The van der Waals surface area contributed by atoms with Crippen molar-refractivity contribution in [1.29, 1.82) is 0 Å². The molecule has 0 unspecified atom stereocenters. The van der Waals surface area contributed by atoms with Crippen molar-refractivity contribution in [2.45, 2.75) is 12.2 Å².